The first-order valence-corrected chi connectivity index (χ1v) is 11.2. The summed E-state index contributed by atoms with van der Waals surface area (Å²) >= 11 is 0. The molecule has 6 nitrogen and oxygen atoms in total. The summed E-state index contributed by atoms with van der Waals surface area (Å²) < 4.78 is 5.52. The van der Waals surface area contributed by atoms with Gasteiger partial charge in [0.1, 0.15) is 5.75 Å². The molecule has 1 saturated heterocycles. The number of nitrogens with zero attached hydrogens (tertiary/aromatic N) is 2. The van der Waals surface area contributed by atoms with Gasteiger partial charge in [-0.05, 0) is 42.3 Å². The Labute approximate surface area is 194 Å². The zero-order chi connectivity index (χ0) is 23.0. The third kappa shape index (κ3) is 5.71. The summed E-state index contributed by atoms with van der Waals surface area (Å²) in [5.74, 6) is 0.806. The summed E-state index contributed by atoms with van der Waals surface area (Å²) in [7, 11) is 1.65. The van der Waals surface area contributed by atoms with E-state index in [1.807, 2.05) is 71.6 Å². The van der Waals surface area contributed by atoms with Crippen molar-refractivity contribution in [3.05, 3.63) is 95.6 Å². The molecule has 4 rings (SSSR count). The van der Waals surface area contributed by atoms with Gasteiger partial charge in [-0.1, -0.05) is 48.5 Å². The van der Waals surface area contributed by atoms with E-state index in [1.54, 1.807) is 12.0 Å². The van der Waals surface area contributed by atoms with Gasteiger partial charge in [-0.25, -0.2) is 4.79 Å². The number of hydrogen-bond donors (Lipinski definition) is 1. The first kappa shape index (κ1) is 22.4. The molecule has 0 radical (unpaired) electrons. The number of anilines is 1. The molecule has 6 heteroatoms. The van der Waals surface area contributed by atoms with Gasteiger partial charge in [0.25, 0.3) is 5.91 Å². The number of amides is 3. The molecule has 1 heterocycles. The van der Waals surface area contributed by atoms with Crippen molar-refractivity contribution in [3.63, 3.8) is 0 Å². The molecule has 0 bridgehead atoms. The highest BCUT2D eigenvalue weighted by molar-refractivity contribution is 5.94. The molecule has 170 valence electrons. The van der Waals surface area contributed by atoms with Crippen molar-refractivity contribution in [1.29, 1.82) is 0 Å². The molecule has 0 aliphatic carbocycles. The van der Waals surface area contributed by atoms with Gasteiger partial charge in [0.05, 0.1) is 7.11 Å². The van der Waals surface area contributed by atoms with Gasteiger partial charge in [-0.2, -0.15) is 0 Å². The molecule has 33 heavy (non-hydrogen) atoms. The van der Waals surface area contributed by atoms with E-state index >= 15 is 0 Å². The van der Waals surface area contributed by atoms with Crippen LogP contribution in [0.15, 0.2) is 78.9 Å². The van der Waals surface area contributed by atoms with Crippen molar-refractivity contribution < 1.29 is 14.3 Å². The topological polar surface area (TPSA) is 61.9 Å². The van der Waals surface area contributed by atoms with Crippen LogP contribution in [0.4, 0.5) is 10.5 Å². The van der Waals surface area contributed by atoms with Crippen molar-refractivity contribution in [2.45, 2.75) is 12.8 Å². The maximum atomic E-state index is 13.0. The third-order valence-corrected chi connectivity index (χ3v) is 5.86. The quantitative estimate of drug-likeness (QED) is 0.624. The lowest BCUT2D eigenvalue weighted by atomic mass is 10.0. The zero-order valence-electron chi connectivity index (χ0n) is 18.9. The smallest absolute Gasteiger partial charge is 0.321 e. The lowest BCUT2D eigenvalue weighted by Gasteiger charge is -2.23. The van der Waals surface area contributed by atoms with Crippen LogP contribution in [-0.4, -0.2) is 55.0 Å². The average molecular weight is 444 g/mol. The summed E-state index contributed by atoms with van der Waals surface area (Å²) in [6, 6.07) is 25.0. The Hall–Kier alpha value is -3.80. The molecule has 0 spiro atoms. The van der Waals surface area contributed by atoms with Crippen LogP contribution in [0.1, 0.15) is 27.9 Å². The van der Waals surface area contributed by atoms with Crippen molar-refractivity contribution in [1.82, 2.24) is 9.80 Å². The molecule has 1 aliphatic rings. The minimum Gasteiger partial charge on any atom is -0.496 e. The van der Waals surface area contributed by atoms with Crippen LogP contribution in [0, 0.1) is 0 Å². The molecule has 0 saturated carbocycles. The van der Waals surface area contributed by atoms with Crippen LogP contribution in [-0.2, 0) is 6.42 Å². The normalized spacial score (nSPS) is 13.8. The van der Waals surface area contributed by atoms with Gasteiger partial charge in [-0.15, -0.1) is 0 Å². The molecule has 0 atom stereocenters. The predicted molar refractivity (Wildman–Crippen MR) is 130 cm³/mol. The fourth-order valence-corrected chi connectivity index (χ4v) is 4.10. The van der Waals surface area contributed by atoms with Crippen LogP contribution in [0.25, 0.3) is 0 Å². The number of benzene rings is 3. The van der Waals surface area contributed by atoms with E-state index in [0.717, 1.165) is 23.4 Å². The Kier molecular flexibility index (Phi) is 7.25. The second kappa shape index (κ2) is 10.7. The highest BCUT2D eigenvalue weighted by Gasteiger charge is 2.23. The molecule has 1 N–H and O–H groups in total. The lowest BCUT2D eigenvalue weighted by molar-refractivity contribution is 0.0762. The standard InChI is InChI=1S/C27H29N3O3/c1-33-25-14-13-24(20-23(25)19-21-9-4-2-5-10-21)28-27(32)30-16-8-15-29(17-18-30)26(31)22-11-6-3-7-12-22/h2-7,9-14,20H,8,15-19H2,1H3,(H,28,32). The number of carbonyl (C=O) groups excluding carboxylic acids is 2. The van der Waals surface area contributed by atoms with E-state index in [1.165, 1.54) is 5.56 Å². The van der Waals surface area contributed by atoms with E-state index in [2.05, 4.69) is 17.4 Å². The van der Waals surface area contributed by atoms with Crippen LogP contribution < -0.4 is 10.1 Å². The number of hydrogen-bond acceptors (Lipinski definition) is 3. The minimum atomic E-state index is -0.153. The Morgan fingerprint density at radius 2 is 1.52 bits per heavy atom. The Bertz CT molecular complexity index is 1090. The first-order valence-electron chi connectivity index (χ1n) is 11.2. The van der Waals surface area contributed by atoms with Gasteiger partial charge in [0.15, 0.2) is 0 Å². The largest absolute Gasteiger partial charge is 0.496 e. The lowest BCUT2D eigenvalue weighted by Crippen LogP contribution is -2.39. The molecular formula is C27H29N3O3. The molecule has 3 aromatic rings. The number of nitrogens with one attached hydrogen (secondary N) is 1. The molecule has 3 amide bonds. The van der Waals surface area contributed by atoms with E-state index in [0.29, 0.717) is 38.2 Å². The highest BCUT2D eigenvalue weighted by Crippen LogP contribution is 2.25. The molecular weight excluding hydrogens is 414 g/mol. The summed E-state index contributed by atoms with van der Waals surface area (Å²) in [6.45, 7) is 2.26. The number of ether oxygens (including phenoxy) is 1. The van der Waals surface area contributed by atoms with Crippen LogP contribution >= 0.6 is 0 Å². The maximum Gasteiger partial charge on any atom is 0.321 e. The fraction of sp³-hybridized carbons (Fsp3) is 0.259. The number of methoxy groups -OCH3 is 1. The fourth-order valence-electron chi connectivity index (χ4n) is 4.10. The zero-order valence-corrected chi connectivity index (χ0v) is 18.9. The van der Waals surface area contributed by atoms with E-state index in [9.17, 15) is 9.59 Å². The summed E-state index contributed by atoms with van der Waals surface area (Å²) in [4.78, 5) is 29.3. The minimum absolute atomic E-state index is 0.0126. The van der Waals surface area contributed by atoms with Crippen molar-refractivity contribution in [2.24, 2.45) is 0 Å². The first-order chi connectivity index (χ1) is 16.1. The summed E-state index contributed by atoms with van der Waals surface area (Å²) in [5, 5.41) is 3.02. The molecule has 3 aromatic carbocycles. The SMILES string of the molecule is COc1ccc(NC(=O)N2CCCN(C(=O)c3ccccc3)CC2)cc1Cc1ccccc1. The number of carbonyl (C=O) groups is 2. The second-order valence-corrected chi connectivity index (χ2v) is 8.12. The molecule has 0 unspecified atom stereocenters. The maximum absolute atomic E-state index is 13.0. The van der Waals surface area contributed by atoms with Crippen molar-refractivity contribution in [3.8, 4) is 5.75 Å². The Morgan fingerprint density at radius 1 is 0.848 bits per heavy atom. The summed E-state index contributed by atoms with van der Waals surface area (Å²) in [6.07, 6.45) is 1.46. The number of urea groups is 1. The second-order valence-electron chi connectivity index (χ2n) is 8.12. The van der Waals surface area contributed by atoms with E-state index in [4.69, 9.17) is 4.74 Å². The van der Waals surface area contributed by atoms with Crippen LogP contribution in [0.5, 0.6) is 5.75 Å². The Morgan fingerprint density at radius 3 is 2.24 bits per heavy atom. The monoisotopic (exact) mass is 443 g/mol. The Balaban J connectivity index is 1.40. The van der Waals surface area contributed by atoms with Crippen LogP contribution in [0.2, 0.25) is 0 Å². The van der Waals surface area contributed by atoms with Gasteiger partial charge in [-0.3, -0.25) is 4.79 Å². The van der Waals surface area contributed by atoms with Gasteiger partial charge in [0.2, 0.25) is 0 Å². The molecule has 1 aliphatic heterocycles. The van der Waals surface area contributed by atoms with Crippen molar-refractivity contribution in [2.75, 3.05) is 38.6 Å². The van der Waals surface area contributed by atoms with Gasteiger partial charge in [0, 0.05) is 49.4 Å². The average Bonchev–Trinajstić information content (AvgIpc) is 3.11. The third-order valence-electron chi connectivity index (χ3n) is 5.86. The molecule has 1 fully saturated rings. The number of rotatable bonds is 5. The highest BCUT2D eigenvalue weighted by atomic mass is 16.5. The summed E-state index contributed by atoms with van der Waals surface area (Å²) in [5.41, 5.74) is 3.60. The van der Waals surface area contributed by atoms with E-state index in [-0.39, 0.29) is 11.9 Å². The van der Waals surface area contributed by atoms with Crippen molar-refractivity contribution >= 4 is 17.6 Å². The predicted octanol–water partition coefficient (Wildman–Crippen LogP) is 4.67. The molecule has 0 aromatic heterocycles. The van der Waals surface area contributed by atoms with Crippen LogP contribution in [0.3, 0.4) is 0 Å². The van der Waals surface area contributed by atoms with E-state index < -0.39 is 0 Å². The van der Waals surface area contributed by atoms with Gasteiger partial charge >= 0.3 is 6.03 Å². The van der Waals surface area contributed by atoms with Gasteiger partial charge < -0.3 is 19.9 Å².